The van der Waals surface area contributed by atoms with Crippen LogP contribution in [0.3, 0.4) is 0 Å². The Morgan fingerprint density at radius 3 is 2.72 bits per heavy atom. The molecule has 0 amide bonds. The van der Waals surface area contributed by atoms with Crippen LogP contribution in [0.15, 0.2) is 18.2 Å². The van der Waals surface area contributed by atoms with E-state index in [1.54, 1.807) is 6.07 Å². The summed E-state index contributed by atoms with van der Waals surface area (Å²) in [4.78, 5) is 8.70. The fourth-order valence-electron chi connectivity index (χ4n) is 1.70. The number of anilines is 1. The Labute approximate surface area is 119 Å². The van der Waals surface area contributed by atoms with Gasteiger partial charge in [-0.3, -0.25) is 0 Å². The molecule has 1 heterocycles. The monoisotopic (exact) mass is 357 g/mol. The second-order valence-electron chi connectivity index (χ2n) is 4.01. The van der Waals surface area contributed by atoms with Gasteiger partial charge in [0.1, 0.15) is 11.6 Å². The number of nitrogens with zero attached hydrogens (tertiary/aromatic N) is 2. The molecule has 5 heteroatoms. The van der Waals surface area contributed by atoms with Gasteiger partial charge in [-0.15, -0.1) is 0 Å². The molecule has 0 radical (unpaired) electrons. The summed E-state index contributed by atoms with van der Waals surface area (Å²) in [5.74, 6) is 0.636. The fraction of sp³-hybridized carbons (Fsp3) is 0.231. The van der Waals surface area contributed by atoms with Crippen molar-refractivity contribution in [3.8, 4) is 11.4 Å². The summed E-state index contributed by atoms with van der Waals surface area (Å²) in [6.45, 7) is 3.91. The highest BCUT2D eigenvalue weighted by Gasteiger charge is 2.12. The molecule has 0 unspecified atom stereocenters. The van der Waals surface area contributed by atoms with Gasteiger partial charge in [0.05, 0.1) is 9.26 Å². The maximum Gasteiger partial charge on any atom is 0.162 e. The zero-order valence-corrected chi connectivity index (χ0v) is 12.3. The highest BCUT2D eigenvalue weighted by atomic mass is 127. The van der Waals surface area contributed by atoms with Gasteiger partial charge >= 0.3 is 0 Å². The van der Waals surface area contributed by atoms with E-state index in [4.69, 9.17) is 5.73 Å². The first-order valence-corrected chi connectivity index (χ1v) is 6.69. The third-order valence-corrected chi connectivity index (χ3v) is 3.90. The average molecular weight is 357 g/mol. The molecule has 1 aromatic carbocycles. The quantitative estimate of drug-likeness (QED) is 0.839. The molecule has 0 atom stereocenters. The van der Waals surface area contributed by atoms with Crippen molar-refractivity contribution in [2.45, 2.75) is 20.3 Å². The Kier molecular flexibility index (Phi) is 3.79. The number of rotatable bonds is 2. The van der Waals surface area contributed by atoms with E-state index in [0.29, 0.717) is 17.2 Å². The molecule has 3 nitrogen and oxygen atoms in total. The summed E-state index contributed by atoms with van der Waals surface area (Å²) in [7, 11) is 0. The van der Waals surface area contributed by atoms with E-state index in [-0.39, 0.29) is 5.82 Å². The van der Waals surface area contributed by atoms with Gasteiger partial charge in [-0.2, -0.15) is 0 Å². The summed E-state index contributed by atoms with van der Waals surface area (Å²) in [5.41, 5.74) is 8.38. The minimum absolute atomic E-state index is 0.297. The van der Waals surface area contributed by atoms with Crippen LogP contribution in [0.4, 0.5) is 10.2 Å². The third kappa shape index (κ3) is 2.45. The summed E-state index contributed by atoms with van der Waals surface area (Å²) >= 11 is 2.13. The van der Waals surface area contributed by atoms with Crippen molar-refractivity contribution in [1.82, 2.24) is 9.97 Å². The molecule has 2 aromatic rings. The van der Waals surface area contributed by atoms with Crippen LogP contribution in [0.1, 0.15) is 18.2 Å². The van der Waals surface area contributed by atoms with Crippen molar-refractivity contribution >= 4 is 28.4 Å². The van der Waals surface area contributed by atoms with Gasteiger partial charge in [0.15, 0.2) is 5.82 Å². The van der Waals surface area contributed by atoms with Crippen molar-refractivity contribution in [1.29, 1.82) is 0 Å². The molecule has 1 aromatic heterocycles. The highest BCUT2D eigenvalue weighted by molar-refractivity contribution is 14.1. The van der Waals surface area contributed by atoms with Crippen LogP contribution in [0.2, 0.25) is 0 Å². The minimum Gasteiger partial charge on any atom is -0.383 e. The van der Waals surface area contributed by atoms with Gasteiger partial charge in [-0.25, -0.2) is 14.4 Å². The number of aromatic nitrogens is 2. The zero-order chi connectivity index (χ0) is 13.3. The van der Waals surface area contributed by atoms with Crippen molar-refractivity contribution in [3.05, 3.63) is 38.8 Å². The second-order valence-corrected chi connectivity index (χ2v) is 5.08. The molecule has 0 aliphatic heterocycles. The smallest absolute Gasteiger partial charge is 0.162 e. The van der Waals surface area contributed by atoms with Crippen LogP contribution in [-0.2, 0) is 6.42 Å². The topological polar surface area (TPSA) is 51.8 Å². The lowest BCUT2D eigenvalue weighted by molar-refractivity contribution is 0.627. The molecule has 2 rings (SSSR count). The van der Waals surface area contributed by atoms with E-state index in [1.807, 2.05) is 13.8 Å². The van der Waals surface area contributed by atoms with Crippen LogP contribution in [0.5, 0.6) is 0 Å². The van der Waals surface area contributed by atoms with Gasteiger partial charge < -0.3 is 5.73 Å². The largest absolute Gasteiger partial charge is 0.383 e. The van der Waals surface area contributed by atoms with E-state index in [9.17, 15) is 4.39 Å². The van der Waals surface area contributed by atoms with Gasteiger partial charge in [0.2, 0.25) is 0 Å². The van der Waals surface area contributed by atoms with Crippen molar-refractivity contribution in [2.24, 2.45) is 0 Å². The molecule has 94 valence electrons. The second kappa shape index (κ2) is 5.17. The van der Waals surface area contributed by atoms with Crippen LogP contribution in [0.25, 0.3) is 11.4 Å². The van der Waals surface area contributed by atoms with Gasteiger partial charge in [0.25, 0.3) is 0 Å². The average Bonchev–Trinajstić information content (AvgIpc) is 2.35. The van der Waals surface area contributed by atoms with Crippen LogP contribution >= 0.6 is 22.6 Å². The molecular formula is C13H13FIN3. The predicted octanol–water partition coefficient (Wildman–Crippen LogP) is 3.34. The zero-order valence-electron chi connectivity index (χ0n) is 10.2. The van der Waals surface area contributed by atoms with Crippen LogP contribution < -0.4 is 5.73 Å². The number of nitrogen functional groups attached to an aromatic ring is 1. The molecule has 0 aliphatic rings. The Balaban J connectivity index is 2.64. The van der Waals surface area contributed by atoms with Crippen molar-refractivity contribution in [3.63, 3.8) is 0 Å². The normalized spacial score (nSPS) is 10.7. The van der Waals surface area contributed by atoms with E-state index in [1.165, 1.54) is 12.1 Å². The molecule has 0 saturated heterocycles. The van der Waals surface area contributed by atoms with Crippen LogP contribution in [-0.4, -0.2) is 9.97 Å². The van der Waals surface area contributed by atoms with Gasteiger partial charge in [-0.1, -0.05) is 13.0 Å². The molecule has 0 fully saturated rings. The van der Waals surface area contributed by atoms with E-state index >= 15 is 0 Å². The van der Waals surface area contributed by atoms with E-state index in [0.717, 1.165) is 21.2 Å². The van der Waals surface area contributed by atoms with Crippen LogP contribution in [0, 0.1) is 16.3 Å². The SMILES string of the molecule is CCc1nc(-c2cc(F)ccc2C)nc(N)c1I. The Bertz CT molecular complexity index is 599. The maximum atomic E-state index is 13.3. The Hall–Kier alpha value is -1.24. The molecular weight excluding hydrogens is 344 g/mol. The third-order valence-electron chi connectivity index (χ3n) is 2.72. The Morgan fingerprint density at radius 1 is 1.33 bits per heavy atom. The first kappa shape index (κ1) is 13.2. The first-order chi connectivity index (χ1) is 8.52. The number of nitrogens with two attached hydrogens (primary N) is 1. The lowest BCUT2D eigenvalue weighted by Gasteiger charge is -2.09. The standard InChI is InChI=1S/C13H13FIN3/c1-3-10-11(15)12(16)18-13(17-10)9-6-8(14)5-4-7(9)2/h4-6H,3H2,1-2H3,(H2,16,17,18). The molecule has 18 heavy (non-hydrogen) atoms. The number of aryl methyl sites for hydroxylation is 2. The maximum absolute atomic E-state index is 13.3. The first-order valence-electron chi connectivity index (χ1n) is 5.61. The van der Waals surface area contributed by atoms with Crippen molar-refractivity contribution in [2.75, 3.05) is 5.73 Å². The van der Waals surface area contributed by atoms with E-state index < -0.39 is 0 Å². The molecule has 0 bridgehead atoms. The number of hydrogen-bond acceptors (Lipinski definition) is 3. The van der Waals surface area contributed by atoms with Gasteiger partial charge in [0, 0.05) is 5.56 Å². The molecule has 0 spiro atoms. The van der Waals surface area contributed by atoms with E-state index in [2.05, 4.69) is 32.6 Å². The number of hydrogen-bond donors (Lipinski definition) is 1. The Morgan fingerprint density at radius 2 is 2.06 bits per heavy atom. The summed E-state index contributed by atoms with van der Waals surface area (Å²) in [6, 6.07) is 4.58. The lowest BCUT2D eigenvalue weighted by Crippen LogP contribution is -2.05. The highest BCUT2D eigenvalue weighted by Crippen LogP contribution is 2.25. The summed E-state index contributed by atoms with van der Waals surface area (Å²) in [6.07, 6.45) is 0.770. The molecule has 2 N–H and O–H groups in total. The number of benzene rings is 1. The van der Waals surface area contributed by atoms with Crippen molar-refractivity contribution < 1.29 is 4.39 Å². The molecule has 0 saturated carbocycles. The predicted molar refractivity (Wildman–Crippen MR) is 78.7 cm³/mol. The number of halogens is 2. The van der Waals surface area contributed by atoms with Gasteiger partial charge in [-0.05, 0) is 53.6 Å². The lowest BCUT2D eigenvalue weighted by atomic mass is 10.1. The summed E-state index contributed by atoms with van der Waals surface area (Å²) < 4.78 is 14.2. The summed E-state index contributed by atoms with van der Waals surface area (Å²) in [5, 5.41) is 0. The molecule has 0 aliphatic carbocycles. The minimum atomic E-state index is -0.297. The fourth-order valence-corrected chi connectivity index (χ4v) is 2.33.